The molecular formula is C28H40O4. The van der Waals surface area contributed by atoms with Crippen molar-refractivity contribution in [2.45, 2.75) is 80.1 Å². The second-order valence-corrected chi connectivity index (χ2v) is 9.09. The molecular weight excluding hydrogens is 400 g/mol. The maximum atomic E-state index is 12.4. The molecule has 0 saturated carbocycles. The molecule has 1 aromatic carbocycles. The van der Waals surface area contributed by atoms with Crippen molar-refractivity contribution in [3.8, 4) is 11.5 Å². The van der Waals surface area contributed by atoms with Crippen molar-refractivity contribution in [1.29, 1.82) is 0 Å². The van der Waals surface area contributed by atoms with E-state index in [1.165, 1.54) is 5.57 Å². The summed E-state index contributed by atoms with van der Waals surface area (Å²) in [5.74, 6) is 1.39. The number of Topliss-reactive ketones (excluding diaryl/α,β-unsaturated/α-hetero) is 1. The Morgan fingerprint density at radius 1 is 1.09 bits per heavy atom. The molecule has 0 saturated heterocycles. The molecule has 176 valence electrons. The Kier molecular flexibility index (Phi) is 11.8. The van der Waals surface area contributed by atoms with Crippen LogP contribution < -0.4 is 4.74 Å². The van der Waals surface area contributed by atoms with E-state index in [0.29, 0.717) is 25.0 Å². The minimum absolute atomic E-state index is 0.0518. The third-order valence-electron chi connectivity index (χ3n) is 5.59. The lowest BCUT2D eigenvalue weighted by molar-refractivity contribution is -0.121. The molecule has 4 nitrogen and oxygen atoms in total. The summed E-state index contributed by atoms with van der Waals surface area (Å²) in [6.07, 6.45) is 9.67. The first-order chi connectivity index (χ1) is 15.0. The van der Waals surface area contributed by atoms with E-state index in [0.717, 1.165) is 41.5 Å². The van der Waals surface area contributed by atoms with E-state index in [4.69, 9.17) is 4.74 Å². The summed E-state index contributed by atoms with van der Waals surface area (Å²) in [5, 5.41) is 10.3. The van der Waals surface area contributed by atoms with Gasteiger partial charge >= 0.3 is 0 Å². The van der Waals surface area contributed by atoms with Crippen LogP contribution in [0.5, 0.6) is 11.5 Å². The summed E-state index contributed by atoms with van der Waals surface area (Å²) in [7, 11) is 1.60. The number of ether oxygens (including phenoxy) is 1. The lowest BCUT2D eigenvalue weighted by Gasteiger charge is -2.10. The van der Waals surface area contributed by atoms with E-state index in [2.05, 4.69) is 0 Å². The van der Waals surface area contributed by atoms with Gasteiger partial charge in [-0.15, -0.1) is 0 Å². The van der Waals surface area contributed by atoms with Crippen LogP contribution in [0.15, 0.2) is 47.1 Å². The first kappa shape index (κ1) is 27.4. The Labute approximate surface area is 194 Å². The highest BCUT2D eigenvalue weighted by molar-refractivity contribution is 5.91. The molecule has 0 aromatic heterocycles. The van der Waals surface area contributed by atoms with Gasteiger partial charge in [0.05, 0.1) is 7.11 Å². The molecule has 4 heteroatoms. The Morgan fingerprint density at radius 3 is 2.41 bits per heavy atom. The van der Waals surface area contributed by atoms with Crippen molar-refractivity contribution < 1.29 is 19.4 Å². The van der Waals surface area contributed by atoms with Crippen LogP contribution in [-0.4, -0.2) is 23.8 Å². The molecule has 0 amide bonds. The number of carbonyl (C=O) groups is 2. The molecule has 0 aliphatic carbocycles. The minimum Gasteiger partial charge on any atom is -0.507 e. The predicted octanol–water partition coefficient (Wildman–Crippen LogP) is 6.84. The fourth-order valence-electron chi connectivity index (χ4n) is 3.47. The van der Waals surface area contributed by atoms with Crippen LogP contribution in [0.25, 0.3) is 0 Å². The van der Waals surface area contributed by atoms with E-state index >= 15 is 0 Å². The first-order valence-corrected chi connectivity index (χ1v) is 11.4. The fourth-order valence-corrected chi connectivity index (χ4v) is 3.47. The van der Waals surface area contributed by atoms with Crippen LogP contribution in [-0.2, 0) is 16.0 Å². The van der Waals surface area contributed by atoms with Crippen molar-refractivity contribution in [2.75, 3.05) is 7.11 Å². The molecule has 1 unspecified atom stereocenters. The molecule has 32 heavy (non-hydrogen) atoms. The van der Waals surface area contributed by atoms with Gasteiger partial charge in [-0.05, 0) is 84.1 Å². The zero-order valence-electron chi connectivity index (χ0n) is 20.9. The number of methoxy groups -OCH3 is 1. The second-order valence-electron chi connectivity index (χ2n) is 9.09. The summed E-state index contributed by atoms with van der Waals surface area (Å²) >= 11 is 0. The van der Waals surface area contributed by atoms with Crippen LogP contribution in [0.1, 0.15) is 77.8 Å². The number of phenolic OH excluding ortho intramolecular Hbond substituents is 1. The quantitative estimate of drug-likeness (QED) is 0.269. The molecule has 1 atom stereocenters. The second kappa shape index (κ2) is 13.7. The molecule has 0 spiro atoms. The van der Waals surface area contributed by atoms with Gasteiger partial charge in [0.25, 0.3) is 0 Å². The van der Waals surface area contributed by atoms with Gasteiger partial charge in [0.2, 0.25) is 0 Å². The van der Waals surface area contributed by atoms with Gasteiger partial charge in [-0.2, -0.15) is 0 Å². The number of benzene rings is 1. The number of rotatable bonds is 13. The van der Waals surface area contributed by atoms with Gasteiger partial charge in [0, 0.05) is 24.3 Å². The van der Waals surface area contributed by atoms with Gasteiger partial charge in [-0.1, -0.05) is 35.8 Å². The van der Waals surface area contributed by atoms with Gasteiger partial charge in [0.1, 0.15) is 17.3 Å². The number of hydrogen-bond acceptors (Lipinski definition) is 4. The number of aryl methyl sites for hydroxylation is 1. The van der Waals surface area contributed by atoms with Crippen molar-refractivity contribution in [3.63, 3.8) is 0 Å². The molecule has 1 N–H and O–H groups in total. The minimum atomic E-state index is 0.0518. The zero-order chi connectivity index (χ0) is 24.3. The van der Waals surface area contributed by atoms with E-state index in [1.807, 2.05) is 59.8 Å². The Hall–Kier alpha value is -2.62. The van der Waals surface area contributed by atoms with Crippen molar-refractivity contribution in [3.05, 3.63) is 58.2 Å². The molecule has 0 fully saturated rings. The lowest BCUT2D eigenvalue weighted by Crippen LogP contribution is -2.09. The van der Waals surface area contributed by atoms with Gasteiger partial charge < -0.3 is 9.84 Å². The number of carbonyl (C=O) groups excluding carboxylic acids is 2. The number of allylic oxidation sites excluding steroid dienone is 6. The SMILES string of the molecule is COc1cc(C)c(O)c(CC=C(C)CC(=O)C=C(C)CCCC(C)C(=O)CC=C(C)C)c1. The molecule has 0 radical (unpaired) electrons. The summed E-state index contributed by atoms with van der Waals surface area (Å²) in [6, 6.07) is 3.62. The first-order valence-electron chi connectivity index (χ1n) is 11.4. The normalized spacial score (nSPS) is 13.0. The van der Waals surface area contributed by atoms with Crippen molar-refractivity contribution >= 4 is 11.6 Å². The summed E-state index contributed by atoms with van der Waals surface area (Å²) in [5.41, 5.74) is 4.74. The average Bonchev–Trinajstić information content (AvgIpc) is 2.72. The maximum absolute atomic E-state index is 12.4. The highest BCUT2D eigenvalue weighted by Gasteiger charge is 2.11. The van der Waals surface area contributed by atoms with E-state index in [9.17, 15) is 14.7 Å². The highest BCUT2D eigenvalue weighted by atomic mass is 16.5. The Balaban J connectivity index is 2.53. The van der Waals surface area contributed by atoms with Crippen LogP contribution in [0.3, 0.4) is 0 Å². The molecule has 0 aliphatic heterocycles. The maximum Gasteiger partial charge on any atom is 0.159 e. The van der Waals surface area contributed by atoms with E-state index in [-0.39, 0.29) is 23.2 Å². The van der Waals surface area contributed by atoms with Gasteiger partial charge in [-0.25, -0.2) is 0 Å². The summed E-state index contributed by atoms with van der Waals surface area (Å²) < 4.78 is 5.27. The smallest absolute Gasteiger partial charge is 0.159 e. The number of ketones is 2. The molecule has 0 heterocycles. The third kappa shape index (κ3) is 10.1. The number of aromatic hydroxyl groups is 1. The van der Waals surface area contributed by atoms with Crippen molar-refractivity contribution in [1.82, 2.24) is 0 Å². The summed E-state index contributed by atoms with van der Waals surface area (Å²) in [6.45, 7) is 11.7. The number of phenols is 1. The fraction of sp³-hybridized carbons (Fsp3) is 0.500. The van der Waals surface area contributed by atoms with Gasteiger partial charge in [0.15, 0.2) is 5.78 Å². The summed E-state index contributed by atoms with van der Waals surface area (Å²) in [4.78, 5) is 24.5. The standard InChI is InChI=1S/C28H40O4/c1-19(2)11-14-27(30)22(5)10-8-9-20(3)15-25(29)16-21(4)12-13-24-18-26(32-7)17-23(6)28(24)31/h11-12,15,17-18,22,31H,8-10,13-14,16H2,1-7H3. The average molecular weight is 441 g/mol. The van der Waals surface area contributed by atoms with Gasteiger partial charge in [-0.3, -0.25) is 9.59 Å². The van der Waals surface area contributed by atoms with Crippen LogP contribution in [0.2, 0.25) is 0 Å². The predicted molar refractivity (Wildman–Crippen MR) is 132 cm³/mol. The Morgan fingerprint density at radius 2 is 1.78 bits per heavy atom. The molecule has 1 aromatic rings. The highest BCUT2D eigenvalue weighted by Crippen LogP contribution is 2.28. The third-order valence-corrected chi connectivity index (χ3v) is 5.59. The van der Waals surface area contributed by atoms with Crippen LogP contribution >= 0.6 is 0 Å². The monoisotopic (exact) mass is 440 g/mol. The number of hydrogen-bond donors (Lipinski definition) is 1. The Bertz CT molecular complexity index is 883. The topological polar surface area (TPSA) is 63.6 Å². The molecule has 0 aliphatic rings. The molecule has 0 bridgehead atoms. The largest absolute Gasteiger partial charge is 0.507 e. The van der Waals surface area contributed by atoms with Crippen LogP contribution in [0.4, 0.5) is 0 Å². The zero-order valence-corrected chi connectivity index (χ0v) is 20.9. The van der Waals surface area contributed by atoms with E-state index in [1.54, 1.807) is 19.3 Å². The molecule has 1 rings (SSSR count). The lowest BCUT2D eigenvalue weighted by atomic mass is 9.95. The van der Waals surface area contributed by atoms with Crippen LogP contribution in [0, 0.1) is 12.8 Å². The van der Waals surface area contributed by atoms with E-state index < -0.39 is 0 Å². The van der Waals surface area contributed by atoms with Crippen molar-refractivity contribution in [2.24, 2.45) is 5.92 Å².